The molecule has 0 aliphatic carbocycles. The minimum Gasteiger partial charge on any atom is -0.492 e. The van der Waals surface area contributed by atoms with Gasteiger partial charge in [0.25, 0.3) is 0 Å². The van der Waals surface area contributed by atoms with Crippen molar-refractivity contribution >= 4 is 17.6 Å². The zero-order chi connectivity index (χ0) is 20.5. The number of carbonyl (C=O) groups is 1. The first-order valence-corrected chi connectivity index (χ1v) is 9.47. The van der Waals surface area contributed by atoms with E-state index < -0.39 is 0 Å². The molecule has 1 aliphatic rings. The number of aliphatic imine (C=N–C) groups is 1. The van der Waals surface area contributed by atoms with E-state index in [9.17, 15) is 4.79 Å². The molecule has 154 valence electrons. The molecule has 0 unspecified atom stereocenters. The van der Waals surface area contributed by atoms with Gasteiger partial charge < -0.3 is 30.2 Å². The molecule has 0 aromatic heterocycles. The number of benzene rings is 2. The number of nitrogens with zero attached hydrogens (tertiary/aromatic N) is 1. The summed E-state index contributed by atoms with van der Waals surface area (Å²) in [6.45, 7) is 3.55. The van der Waals surface area contributed by atoms with Crippen molar-refractivity contribution in [2.24, 2.45) is 4.99 Å². The molecule has 0 radical (unpaired) electrons. The molecule has 29 heavy (non-hydrogen) atoms. The predicted octanol–water partition coefficient (Wildman–Crippen LogP) is 2.16. The molecule has 1 heterocycles. The second-order valence-corrected chi connectivity index (χ2v) is 6.42. The summed E-state index contributed by atoms with van der Waals surface area (Å²) in [6.07, 6.45) is 0.837. The van der Waals surface area contributed by atoms with Crippen LogP contribution in [0.4, 0.5) is 5.69 Å². The van der Waals surface area contributed by atoms with Gasteiger partial charge in [-0.05, 0) is 36.2 Å². The fourth-order valence-electron chi connectivity index (χ4n) is 2.85. The maximum absolute atomic E-state index is 11.1. The van der Waals surface area contributed by atoms with Crippen molar-refractivity contribution in [3.05, 3.63) is 48.0 Å². The van der Waals surface area contributed by atoms with Gasteiger partial charge in [0.2, 0.25) is 12.7 Å². The maximum Gasteiger partial charge on any atom is 0.231 e. The molecule has 1 amide bonds. The quantitative estimate of drug-likeness (QED) is 0.359. The van der Waals surface area contributed by atoms with Gasteiger partial charge in [0.05, 0.1) is 6.54 Å². The van der Waals surface area contributed by atoms with E-state index in [0.29, 0.717) is 30.5 Å². The maximum atomic E-state index is 11.1. The minimum absolute atomic E-state index is 0.112. The Balaban J connectivity index is 1.36. The molecule has 0 saturated carbocycles. The van der Waals surface area contributed by atoms with Crippen molar-refractivity contribution in [2.75, 3.05) is 38.9 Å². The summed E-state index contributed by atoms with van der Waals surface area (Å²) < 4.78 is 16.4. The van der Waals surface area contributed by atoms with Crippen LogP contribution in [-0.2, 0) is 11.2 Å². The topological polar surface area (TPSA) is 93.2 Å². The van der Waals surface area contributed by atoms with Gasteiger partial charge >= 0.3 is 0 Å². The minimum atomic E-state index is -0.112. The SMILES string of the molecule is CN=C(NCCOc1cccc(NC(C)=O)c1)NCCc1ccc2c(c1)OCO2. The molecule has 3 N–H and O–H groups in total. The Bertz CT molecular complexity index is 870. The number of hydrogen-bond acceptors (Lipinski definition) is 5. The number of rotatable bonds is 8. The first kappa shape index (κ1) is 20.3. The highest BCUT2D eigenvalue weighted by Gasteiger charge is 2.12. The van der Waals surface area contributed by atoms with Gasteiger partial charge in [-0.3, -0.25) is 9.79 Å². The number of carbonyl (C=O) groups excluding carboxylic acids is 1. The third-order valence-corrected chi connectivity index (χ3v) is 4.18. The average molecular weight is 398 g/mol. The summed E-state index contributed by atoms with van der Waals surface area (Å²) in [5, 5.41) is 9.23. The number of fused-ring (bicyclic) bond motifs is 1. The van der Waals surface area contributed by atoms with Crippen molar-refractivity contribution in [3.63, 3.8) is 0 Å². The predicted molar refractivity (Wildman–Crippen MR) is 112 cm³/mol. The molecule has 0 spiro atoms. The first-order valence-electron chi connectivity index (χ1n) is 9.47. The Labute approximate surface area is 170 Å². The fraction of sp³-hybridized carbons (Fsp3) is 0.333. The van der Waals surface area contributed by atoms with E-state index in [2.05, 4.69) is 20.9 Å². The molecular weight excluding hydrogens is 372 g/mol. The molecule has 0 saturated heterocycles. The number of nitrogens with one attached hydrogen (secondary N) is 3. The first-order chi connectivity index (χ1) is 14.1. The molecule has 0 bridgehead atoms. The molecule has 0 atom stereocenters. The second kappa shape index (κ2) is 10.2. The summed E-state index contributed by atoms with van der Waals surface area (Å²) in [4.78, 5) is 15.3. The van der Waals surface area contributed by atoms with Crippen LogP contribution in [0.2, 0.25) is 0 Å². The molecule has 2 aromatic rings. The monoisotopic (exact) mass is 398 g/mol. The van der Waals surface area contributed by atoms with Gasteiger partial charge in [0, 0.05) is 32.3 Å². The summed E-state index contributed by atoms with van der Waals surface area (Å²) >= 11 is 0. The van der Waals surface area contributed by atoms with Gasteiger partial charge in [0.1, 0.15) is 12.4 Å². The van der Waals surface area contributed by atoms with Crippen LogP contribution in [0.15, 0.2) is 47.5 Å². The Hall–Kier alpha value is -3.42. The molecular formula is C21H26N4O4. The van der Waals surface area contributed by atoms with Gasteiger partial charge in [0.15, 0.2) is 17.5 Å². The van der Waals surface area contributed by atoms with Crippen LogP contribution in [0.5, 0.6) is 17.2 Å². The third kappa shape index (κ3) is 6.31. The molecule has 1 aliphatic heterocycles. The van der Waals surface area contributed by atoms with E-state index >= 15 is 0 Å². The summed E-state index contributed by atoms with van der Waals surface area (Å²) in [7, 11) is 1.73. The van der Waals surface area contributed by atoms with Gasteiger partial charge in [-0.25, -0.2) is 0 Å². The number of anilines is 1. The number of ether oxygens (including phenoxy) is 3. The lowest BCUT2D eigenvalue weighted by Gasteiger charge is -2.13. The van der Waals surface area contributed by atoms with Crippen molar-refractivity contribution in [3.8, 4) is 17.2 Å². The Kier molecular flexibility index (Phi) is 7.16. The van der Waals surface area contributed by atoms with E-state index in [-0.39, 0.29) is 12.7 Å². The van der Waals surface area contributed by atoms with Crippen molar-refractivity contribution in [1.29, 1.82) is 0 Å². The Morgan fingerprint density at radius 2 is 1.93 bits per heavy atom. The van der Waals surface area contributed by atoms with E-state index in [1.807, 2.05) is 36.4 Å². The molecule has 8 heteroatoms. The standard InChI is InChI=1S/C21H26N4O4/c1-15(26)25-17-4-3-5-18(13-17)27-11-10-24-21(22-2)23-9-8-16-6-7-19-20(12-16)29-14-28-19/h3-7,12-13H,8-11,14H2,1-2H3,(H,25,26)(H2,22,23,24). The van der Waals surface area contributed by atoms with E-state index in [1.54, 1.807) is 13.1 Å². The zero-order valence-electron chi connectivity index (χ0n) is 16.7. The molecule has 0 fully saturated rings. The van der Waals surface area contributed by atoms with Crippen LogP contribution in [0.25, 0.3) is 0 Å². The van der Waals surface area contributed by atoms with Crippen molar-refractivity contribution < 1.29 is 19.0 Å². The van der Waals surface area contributed by atoms with E-state index in [0.717, 1.165) is 24.5 Å². The van der Waals surface area contributed by atoms with Crippen molar-refractivity contribution in [1.82, 2.24) is 10.6 Å². The summed E-state index contributed by atoms with van der Waals surface area (Å²) in [5.41, 5.74) is 1.88. The van der Waals surface area contributed by atoms with Crippen molar-refractivity contribution in [2.45, 2.75) is 13.3 Å². The highest BCUT2D eigenvalue weighted by Crippen LogP contribution is 2.32. The lowest BCUT2D eigenvalue weighted by atomic mass is 10.1. The van der Waals surface area contributed by atoms with Crippen LogP contribution >= 0.6 is 0 Å². The number of amides is 1. The Morgan fingerprint density at radius 1 is 1.10 bits per heavy atom. The van der Waals surface area contributed by atoms with Gasteiger partial charge in [-0.15, -0.1) is 0 Å². The smallest absolute Gasteiger partial charge is 0.231 e. The second-order valence-electron chi connectivity index (χ2n) is 6.42. The Morgan fingerprint density at radius 3 is 2.76 bits per heavy atom. The number of guanidine groups is 1. The normalized spacial score (nSPS) is 12.4. The average Bonchev–Trinajstić information content (AvgIpc) is 3.17. The van der Waals surface area contributed by atoms with Crippen LogP contribution in [0.3, 0.4) is 0 Å². The third-order valence-electron chi connectivity index (χ3n) is 4.18. The van der Waals surface area contributed by atoms with Gasteiger partial charge in [-0.2, -0.15) is 0 Å². The van der Waals surface area contributed by atoms with Crippen LogP contribution in [0, 0.1) is 0 Å². The molecule has 3 rings (SSSR count). The zero-order valence-corrected chi connectivity index (χ0v) is 16.7. The highest BCUT2D eigenvalue weighted by atomic mass is 16.7. The number of hydrogen-bond donors (Lipinski definition) is 3. The van der Waals surface area contributed by atoms with Crippen LogP contribution < -0.4 is 30.2 Å². The summed E-state index contributed by atoms with van der Waals surface area (Å²) in [5.74, 6) is 2.89. The van der Waals surface area contributed by atoms with E-state index in [4.69, 9.17) is 14.2 Å². The molecule has 8 nitrogen and oxygen atoms in total. The molecule has 2 aromatic carbocycles. The largest absolute Gasteiger partial charge is 0.492 e. The van der Waals surface area contributed by atoms with Gasteiger partial charge in [-0.1, -0.05) is 12.1 Å². The van der Waals surface area contributed by atoms with Crippen LogP contribution in [0.1, 0.15) is 12.5 Å². The summed E-state index contributed by atoms with van der Waals surface area (Å²) in [6, 6.07) is 13.3. The lowest BCUT2D eigenvalue weighted by molar-refractivity contribution is -0.114. The highest BCUT2D eigenvalue weighted by molar-refractivity contribution is 5.88. The van der Waals surface area contributed by atoms with E-state index in [1.165, 1.54) is 12.5 Å². The van der Waals surface area contributed by atoms with Crippen LogP contribution in [-0.4, -0.2) is 45.4 Å². The lowest BCUT2D eigenvalue weighted by Crippen LogP contribution is -2.40. The fourth-order valence-corrected chi connectivity index (χ4v) is 2.85.